The molecule has 2 aromatic carbocycles. The Bertz CT molecular complexity index is 1090. The van der Waals surface area contributed by atoms with Gasteiger partial charge >= 0.3 is 0 Å². The van der Waals surface area contributed by atoms with Crippen molar-refractivity contribution in [3.05, 3.63) is 83.8 Å². The lowest BCUT2D eigenvalue weighted by Gasteiger charge is -2.11. The fourth-order valence-corrected chi connectivity index (χ4v) is 2.90. The molecule has 4 nitrogen and oxygen atoms in total. The van der Waals surface area contributed by atoms with Crippen molar-refractivity contribution in [2.45, 2.75) is 13.5 Å². The zero-order chi connectivity index (χ0) is 18.8. The Balaban J connectivity index is 1.58. The zero-order valence-electron chi connectivity index (χ0n) is 14.6. The predicted octanol–water partition coefficient (Wildman–Crippen LogP) is 5.77. The maximum absolute atomic E-state index is 13.4. The number of hydrogen-bond donors (Lipinski definition) is 2. The number of nitrogens with one attached hydrogen (secondary N) is 2. The molecule has 2 heterocycles. The maximum atomic E-state index is 13.4. The second-order valence-corrected chi connectivity index (χ2v) is 6.22. The van der Waals surface area contributed by atoms with Gasteiger partial charge in [0.25, 0.3) is 0 Å². The van der Waals surface area contributed by atoms with Gasteiger partial charge in [-0.3, -0.25) is 0 Å². The fourth-order valence-electron chi connectivity index (χ4n) is 2.90. The predicted molar refractivity (Wildman–Crippen MR) is 102 cm³/mol. The van der Waals surface area contributed by atoms with Crippen LogP contribution in [0.5, 0.6) is 0 Å². The SMILES string of the molecule is Cc1ccc(CNc2ccc3c(Nc4cc(F)cc(F)c4)cccc3n2)o1. The highest BCUT2D eigenvalue weighted by Gasteiger charge is 2.07. The van der Waals surface area contributed by atoms with Gasteiger partial charge < -0.3 is 15.1 Å². The lowest BCUT2D eigenvalue weighted by Crippen LogP contribution is -2.01. The van der Waals surface area contributed by atoms with Gasteiger partial charge in [0.05, 0.1) is 12.1 Å². The van der Waals surface area contributed by atoms with Crippen LogP contribution in [0.25, 0.3) is 10.9 Å². The molecule has 2 aromatic heterocycles. The first-order valence-electron chi connectivity index (χ1n) is 8.49. The number of aromatic nitrogens is 1. The third-order valence-electron chi connectivity index (χ3n) is 4.11. The molecule has 0 saturated heterocycles. The van der Waals surface area contributed by atoms with Crippen LogP contribution in [0.4, 0.5) is 26.0 Å². The summed E-state index contributed by atoms with van der Waals surface area (Å²) in [7, 11) is 0. The van der Waals surface area contributed by atoms with E-state index in [9.17, 15) is 8.78 Å². The van der Waals surface area contributed by atoms with Crippen LogP contribution in [0.15, 0.2) is 65.1 Å². The molecule has 0 atom stereocenters. The lowest BCUT2D eigenvalue weighted by molar-refractivity contribution is 0.490. The van der Waals surface area contributed by atoms with E-state index in [-0.39, 0.29) is 0 Å². The molecule has 2 N–H and O–H groups in total. The summed E-state index contributed by atoms with van der Waals surface area (Å²) in [4.78, 5) is 4.59. The third kappa shape index (κ3) is 3.89. The molecule has 0 saturated carbocycles. The summed E-state index contributed by atoms with van der Waals surface area (Å²) in [5.74, 6) is 1.15. The molecule has 0 aliphatic rings. The Morgan fingerprint density at radius 2 is 1.78 bits per heavy atom. The largest absolute Gasteiger partial charge is 0.465 e. The van der Waals surface area contributed by atoms with Gasteiger partial charge in [0, 0.05) is 22.8 Å². The van der Waals surface area contributed by atoms with E-state index in [2.05, 4.69) is 15.6 Å². The molecule has 0 fully saturated rings. The van der Waals surface area contributed by atoms with Crippen LogP contribution in [0.1, 0.15) is 11.5 Å². The van der Waals surface area contributed by atoms with Crippen molar-refractivity contribution in [2.24, 2.45) is 0 Å². The summed E-state index contributed by atoms with van der Waals surface area (Å²) in [5, 5.41) is 7.13. The Morgan fingerprint density at radius 1 is 0.963 bits per heavy atom. The Morgan fingerprint density at radius 3 is 2.52 bits per heavy atom. The molecule has 0 unspecified atom stereocenters. The van der Waals surface area contributed by atoms with Gasteiger partial charge in [0.1, 0.15) is 29.0 Å². The summed E-state index contributed by atoms with van der Waals surface area (Å²) in [5.41, 5.74) is 1.83. The minimum absolute atomic E-state index is 0.343. The van der Waals surface area contributed by atoms with Crippen LogP contribution >= 0.6 is 0 Å². The average molecular weight is 365 g/mol. The molecule has 136 valence electrons. The number of fused-ring (bicyclic) bond motifs is 1. The van der Waals surface area contributed by atoms with Crippen molar-refractivity contribution in [3.63, 3.8) is 0 Å². The molecule has 6 heteroatoms. The highest BCUT2D eigenvalue weighted by atomic mass is 19.1. The molecular formula is C21H17F2N3O. The Labute approximate surface area is 154 Å². The lowest BCUT2D eigenvalue weighted by atomic mass is 10.1. The Hall–Kier alpha value is -3.41. The van der Waals surface area contributed by atoms with Gasteiger partial charge in [-0.1, -0.05) is 6.07 Å². The number of nitrogens with zero attached hydrogens (tertiary/aromatic N) is 1. The summed E-state index contributed by atoms with van der Waals surface area (Å²) in [6, 6.07) is 16.5. The topological polar surface area (TPSA) is 50.1 Å². The molecule has 4 rings (SSSR count). The van der Waals surface area contributed by atoms with E-state index < -0.39 is 11.6 Å². The van der Waals surface area contributed by atoms with Gasteiger partial charge in [-0.05, 0) is 55.5 Å². The molecule has 4 aromatic rings. The van der Waals surface area contributed by atoms with Crippen molar-refractivity contribution in [3.8, 4) is 0 Å². The van der Waals surface area contributed by atoms with Crippen LogP contribution in [-0.2, 0) is 6.54 Å². The molecule has 0 radical (unpaired) electrons. The van der Waals surface area contributed by atoms with Crippen LogP contribution in [0.3, 0.4) is 0 Å². The van der Waals surface area contributed by atoms with Crippen molar-refractivity contribution >= 4 is 28.1 Å². The summed E-state index contributed by atoms with van der Waals surface area (Å²) < 4.78 is 32.4. The van der Waals surface area contributed by atoms with E-state index in [4.69, 9.17) is 4.42 Å². The van der Waals surface area contributed by atoms with Gasteiger partial charge in [0.2, 0.25) is 0 Å². The zero-order valence-corrected chi connectivity index (χ0v) is 14.6. The highest BCUT2D eigenvalue weighted by Crippen LogP contribution is 2.27. The smallest absolute Gasteiger partial charge is 0.128 e. The first-order chi connectivity index (χ1) is 13.1. The summed E-state index contributed by atoms with van der Waals surface area (Å²) >= 11 is 0. The number of pyridine rings is 1. The van der Waals surface area contributed by atoms with Crippen molar-refractivity contribution in [2.75, 3.05) is 10.6 Å². The quantitative estimate of drug-likeness (QED) is 0.471. The number of anilines is 3. The number of aryl methyl sites for hydroxylation is 1. The standard InChI is InChI=1S/C21H17F2N3O/c1-13-5-6-17(27-13)12-24-21-8-7-18-19(3-2-4-20(18)26-21)25-16-10-14(22)9-15(23)11-16/h2-11,25H,12H2,1H3,(H,24,26). The number of benzene rings is 2. The average Bonchev–Trinajstić information content (AvgIpc) is 3.04. The van der Waals surface area contributed by atoms with Crippen LogP contribution in [0, 0.1) is 18.6 Å². The van der Waals surface area contributed by atoms with Crippen LogP contribution in [0.2, 0.25) is 0 Å². The second-order valence-electron chi connectivity index (χ2n) is 6.22. The highest BCUT2D eigenvalue weighted by molar-refractivity contribution is 5.93. The summed E-state index contributed by atoms with van der Waals surface area (Å²) in [6.45, 7) is 2.43. The van der Waals surface area contributed by atoms with Gasteiger partial charge in [-0.25, -0.2) is 13.8 Å². The third-order valence-corrected chi connectivity index (χ3v) is 4.11. The normalized spacial score (nSPS) is 10.9. The van der Waals surface area contributed by atoms with Gasteiger partial charge in [0.15, 0.2) is 0 Å². The molecule has 0 bridgehead atoms. The van der Waals surface area contributed by atoms with E-state index in [1.54, 1.807) is 0 Å². The first-order valence-corrected chi connectivity index (χ1v) is 8.49. The van der Waals surface area contributed by atoms with E-state index in [0.717, 1.165) is 34.2 Å². The number of rotatable bonds is 5. The van der Waals surface area contributed by atoms with Crippen molar-refractivity contribution in [1.29, 1.82) is 0 Å². The Kier molecular flexibility index (Phi) is 4.46. The molecule has 0 aliphatic heterocycles. The fraction of sp³-hybridized carbons (Fsp3) is 0.0952. The number of halogens is 2. The van der Waals surface area contributed by atoms with E-state index in [0.29, 0.717) is 18.1 Å². The van der Waals surface area contributed by atoms with Crippen LogP contribution in [-0.4, -0.2) is 4.98 Å². The molecule has 0 aliphatic carbocycles. The minimum atomic E-state index is -0.629. The molecule has 27 heavy (non-hydrogen) atoms. The van der Waals surface area contributed by atoms with E-state index in [1.807, 2.05) is 49.4 Å². The summed E-state index contributed by atoms with van der Waals surface area (Å²) in [6.07, 6.45) is 0. The minimum Gasteiger partial charge on any atom is -0.465 e. The number of hydrogen-bond acceptors (Lipinski definition) is 4. The van der Waals surface area contributed by atoms with Crippen LogP contribution < -0.4 is 10.6 Å². The van der Waals surface area contributed by atoms with Crippen molar-refractivity contribution in [1.82, 2.24) is 4.98 Å². The molecule has 0 amide bonds. The van der Waals surface area contributed by atoms with Crippen molar-refractivity contribution < 1.29 is 13.2 Å². The molecular weight excluding hydrogens is 348 g/mol. The maximum Gasteiger partial charge on any atom is 0.128 e. The first kappa shape index (κ1) is 17.0. The number of furan rings is 1. The monoisotopic (exact) mass is 365 g/mol. The van der Waals surface area contributed by atoms with E-state index >= 15 is 0 Å². The van der Waals surface area contributed by atoms with E-state index in [1.165, 1.54) is 12.1 Å². The second kappa shape index (κ2) is 7.07. The molecule has 0 spiro atoms. The van der Waals surface area contributed by atoms with Gasteiger partial charge in [-0.15, -0.1) is 0 Å². The van der Waals surface area contributed by atoms with Gasteiger partial charge in [-0.2, -0.15) is 0 Å².